The lowest BCUT2D eigenvalue weighted by Gasteiger charge is -2.56. The molecule has 24 heavy (non-hydrogen) atoms. The number of carboxylic acid groups (broad SMARTS) is 2. The van der Waals surface area contributed by atoms with Gasteiger partial charge in [-0.1, -0.05) is 0 Å². The number of nitrogens with zero attached hydrogens (tertiary/aromatic N) is 3. The molecule has 2 amide bonds. The first kappa shape index (κ1) is 17.0. The third-order valence-electron chi connectivity index (χ3n) is 4.27. The SMILES string of the molecule is CC(=O)N(C1C(=O)N2CC(C(=O)O)(C(=O)O)CS[C@H]12)N1C=CSC1. The summed E-state index contributed by atoms with van der Waals surface area (Å²) in [6, 6.07) is -0.739. The van der Waals surface area contributed by atoms with Gasteiger partial charge in [0, 0.05) is 25.4 Å². The van der Waals surface area contributed by atoms with E-state index < -0.39 is 34.7 Å². The second-order valence-corrected chi connectivity index (χ2v) is 7.66. The summed E-state index contributed by atoms with van der Waals surface area (Å²) in [5.41, 5.74) is -2.01. The van der Waals surface area contributed by atoms with Gasteiger partial charge in [0.2, 0.25) is 5.91 Å². The lowest BCUT2D eigenvalue weighted by Crippen LogP contribution is -2.76. The van der Waals surface area contributed by atoms with E-state index >= 15 is 0 Å². The lowest BCUT2D eigenvalue weighted by atomic mass is 9.87. The Morgan fingerprint density at radius 3 is 2.50 bits per heavy atom. The second-order valence-electron chi connectivity index (χ2n) is 5.69. The van der Waals surface area contributed by atoms with Crippen LogP contribution in [-0.2, 0) is 19.2 Å². The Labute approximate surface area is 145 Å². The summed E-state index contributed by atoms with van der Waals surface area (Å²) in [6.07, 6.45) is 1.70. The van der Waals surface area contributed by atoms with Crippen molar-refractivity contribution in [2.45, 2.75) is 18.3 Å². The molecule has 2 N–H and O–H groups in total. The molecule has 0 aliphatic carbocycles. The summed E-state index contributed by atoms with van der Waals surface area (Å²) in [5.74, 6) is -3.29. The van der Waals surface area contributed by atoms with Gasteiger partial charge in [-0.25, -0.2) is 5.01 Å². The van der Waals surface area contributed by atoms with Crippen molar-refractivity contribution in [3.05, 3.63) is 11.6 Å². The molecule has 3 aliphatic heterocycles. The average molecular weight is 373 g/mol. The molecular weight excluding hydrogens is 358 g/mol. The Kier molecular flexibility index (Phi) is 4.16. The molecule has 2 fully saturated rings. The summed E-state index contributed by atoms with van der Waals surface area (Å²) in [6.45, 7) is 0.972. The maximum atomic E-state index is 12.5. The molecular formula is C13H15N3O6S2. The van der Waals surface area contributed by atoms with Crippen LogP contribution < -0.4 is 0 Å². The van der Waals surface area contributed by atoms with E-state index in [2.05, 4.69) is 0 Å². The predicted molar refractivity (Wildman–Crippen MR) is 85.4 cm³/mol. The molecule has 3 rings (SSSR count). The van der Waals surface area contributed by atoms with Crippen LogP contribution in [0.1, 0.15) is 6.92 Å². The van der Waals surface area contributed by atoms with E-state index in [0.29, 0.717) is 5.88 Å². The third kappa shape index (κ3) is 2.34. The van der Waals surface area contributed by atoms with Gasteiger partial charge in [0.05, 0.1) is 5.88 Å². The Morgan fingerprint density at radius 1 is 1.33 bits per heavy atom. The van der Waals surface area contributed by atoms with E-state index in [9.17, 15) is 29.4 Å². The molecule has 130 valence electrons. The van der Waals surface area contributed by atoms with Crippen LogP contribution in [0.15, 0.2) is 11.6 Å². The Morgan fingerprint density at radius 2 is 2.00 bits per heavy atom. The predicted octanol–water partition coefficient (Wildman–Crippen LogP) is -0.333. The van der Waals surface area contributed by atoms with Crippen molar-refractivity contribution in [1.82, 2.24) is 14.9 Å². The van der Waals surface area contributed by atoms with Crippen molar-refractivity contribution in [1.29, 1.82) is 0 Å². The minimum atomic E-state index is -2.01. The molecule has 2 atom stereocenters. The summed E-state index contributed by atoms with van der Waals surface area (Å²) in [5, 5.41) is 23.0. The Bertz CT molecular complexity index is 640. The topological polar surface area (TPSA) is 118 Å². The van der Waals surface area contributed by atoms with Crippen LogP contribution in [0.5, 0.6) is 0 Å². The first-order chi connectivity index (χ1) is 11.3. The van der Waals surface area contributed by atoms with Crippen LogP contribution in [-0.4, -0.2) is 78.5 Å². The number of hydrazine groups is 1. The Balaban J connectivity index is 1.82. The van der Waals surface area contributed by atoms with Gasteiger partial charge in [-0.3, -0.25) is 24.2 Å². The van der Waals surface area contributed by atoms with Crippen LogP contribution >= 0.6 is 23.5 Å². The fourth-order valence-corrected chi connectivity index (χ4v) is 5.18. The van der Waals surface area contributed by atoms with E-state index in [-0.39, 0.29) is 18.2 Å². The molecule has 0 spiro atoms. The van der Waals surface area contributed by atoms with Gasteiger partial charge in [-0.2, -0.15) is 0 Å². The number of β-lactam (4-membered cyclic amide) rings is 1. The fourth-order valence-electron chi connectivity index (χ4n) is 2.94. The number of hydrogen-bond donors (Lipinski definition) is 2. The van der Waals surface area contributed by atoms with Crippen LogP contribution in [0.25, 0.3) is 0 Å². The molecule has 2 saturated heterocycles. The number of fused-ring (bicyclic) bond motifs is 1. The first-order valence-electron chi connectivity index (χ1n) is 7.03. The largest absolute Gasteiger partial charge is 0.480 e. The van der Waals surface area contributed by atoms with E-state index in [4.69, 9.17) is 0 Å². The lowest BCUT2D eigenvalue weighted by molar-refractivity contribution is -0.181. The molecule has 0 aromatic carbocycles. The molecule has 11 heteroatoms. The van der Waals surface area contributed by atoms with Gasteiger partial charge >= 0.3 is 11.9 Å². The van der Waals surface area contributed by atoms with Crippen molar-refractivity contribution in [2.24, 2.45) is 5.41 Å². The van der Waals surface area contributed by atoms with Crippen LogP contribution in [0.4, 0.5) is 0 Å². The smallest absolute Gasteiger partial charge is 0.323 e. The van der Waals surface area contributed by atoms with Gasteiger partial charge in [0.15, 0.2) is 11.5 Å². The summed E-state index contributed by atoms with van der Waals surface area (Å²) in [7, 11) is 0. The van der Waals surface area contributed by atoms with Gasteiger partial charge < -0.3 is 15.1 Å². The molecule has 1 unspecified atom stereocenters. The van der Waals surface area contributed by atoms with Gasteiger partial charge in [-0.05, 0) is 5.41 Å². The monoisotopic (exact) mass is 373 g/mol. The molecule has 0 aromatic heterocycles. The summed E-state index contributed by atoms with van der Waals surface area (Å²) >= 11 is 2.57. The summed E-state index contributed by atoms with van der Waals surface area (Å²) in [4.78, 5) is 48.6. The number of amides is 2. The number of carbonyl (C=O) groups excluding carboxylic acids is 2. The van der Waals surface area contributed by atoms with Crippen molar-refractivity contribution < 1.29 is 29.4 Å². The molecule has 0 radical (unpaired) electrons. The minimum Gasteiger partial charge on any atom is -0.480 e. The molecule has 0 saturated carbocycles. The number of carboxylic acids is 2. The first-order valence-corrected chi connectivity index (χ1v) is 9.13. The highest BCUT2D eigenvalue weighted by Crippen LogP contribution is 2.44. The highest BCUT2D eigenvalue weighted by molar-refractivity contribution is 8.02. The number of hydrogen-bond acceptors (Lipinski definition) is 7. The maximum absolute atomic E-state index is 12.5. The highest BCUT2D eigenvalue weighted by atomic mass is 32.2. The quantitative estimate of drug-likeness (QED) is 0.504. The minimum absolute atomic E-state index is 0.154. The Hall–Kier alpha value is -1.88. The van der Waals surface area contributed by atoms with Crippen LogP contribution in [0.3, 0.4) is 0 Å². The van der Waals surface area contributed by atoms with E-state index in [1.54, 1.807) is 11.2 Å². The molecule has 3 aliphatic rings. The summed E-state index contributed by atoms with van der Waals surface area (Å²) < 4.78 is 0. The zero-order chi connectivity index (χ0) is 17.6. The van der Waals surface area contributed by atoms with E-state index in [1.807, 2.05) is 5.41 Å². The number of aliphatic carboxylic acids is 2. The van der Waals surface area contributed by atoms with Crippen molar-refractivity contribution in [3.8, 4) is 0 Å². The van der Waals surface area contributed by atoms with Crippen LogP contribution in [0, 0.1) is 5.41 Å². The maximum Gasteiger partial charge on any atom is 0.323 e. The normalized spacial score (nSPS) is 27.5. The van der Waals surface area contributed by atoms with Gasteiger partial charge in [-0.15, -0.1) is 23.5 Å². The second kappa shape index (κ2) is 5.88. The molecule has 0 aromatic rings. The van der Waals surface area contributed by atoms with Gasteiger partial charge in [0.1, 0.15) is 5.37 Å². The van der Waals surface area contributed by atoms with Crippen molar-refractivity contribution >= 4 is 47.3 Å². The number of rotatable bonds is 4. The number of carbonyl (C=O) groups is 4. The van der Waals surface area contributed by atoms with E-state index in [1.165, 1.54) is 28.6 Å². The third-order valence-corrected chi connectivity index (χ3v) is 6.51. The highest BCUT2D eigenvalue weighted by Gasteiger charge is 2.62. The van der Waals surface area contributed by atoms with Crippen molar-refractivity contribution in [2.75, 3.05) is 18.2 Å². The standard InChI is InChI=1S/C13H15N3O6S2/c1-7(17)16(14-2-3-23-6-14)8-9(18)15-4-13(11(19)20,12(21)22)5-24-10(8)15/h2-3,8,10H,4-6H2,1H3,(H,19,20)(H,21,22)/t8?,10-/m1/s1. The molecule has 3 heterocycles. The van der Waals surface area contributed by atoms with Gasteiger partial charge in [0.25, 0.3) is 5.91 Å². The molecule has 9 nitrogen and oxygen atoms in total. The average Bonchev–Trinajstić information content (AvgIpc) is 3.04. The van der Waals surface area contributed by atoms with Crippen LogP contribution in [0.2, 0.25) is 0 Å². The van der Waals surface area contributed by atoms with E-state index in [0.717, 1.165) is 11.8 Å². The molecule has 0 bridgehead atoms. The zero-order valence-electron chi connectivity index (χ0n) is 12.6. The number of thioether (sulfide) groups is 2. The van der Waals surface area contributed by atoms with Crippen molar-refractivity contribution in [3.63, 3.8) is 0 Å². The fraction of sp³-hybridized carbons (Fsp3) is 0.538. The zero-order valence-corrected chi connectivity index (χ0v) is 14.2.